The van der Waals surface area contributed by atoms with Gasteiger partial charge in [-0.25, -0.2) is 0 Å². The molecule has 0 aromatic heterocycles. The molecule has 0 aromatic rings. The highest BCUT2D eigenvalue weighted by Crippen LogP contribution is 2.03. The summed E-state index contributed by atoms with van der Waals surface area (Å²) in [6, 6.07) is 0. The van der Waals surface area contributed by atoms with E-state index in [0.717, 1.165) is 19.5 Å². The van der Waals surface area contributed by atoms with Crippen LogP contribution >= 0.6 is 0 Å². The Kier molecular flexibility index (Phi) is 5.37. The fourth-order valence-electron chi connectivity index (χ4n) is 1.94. The molecule has 1 rings (SSSR count). The van der Waals surface area contributed by atoms with E-state index in [4.69, 9.17) is 5.11 Å². The second-order valence-corrected chi connectivity index (χ2v) is 4.64. The quantitative estimate of drug-likeness (QED) is 0.698. The van der Waals surface area contributed by atoms with Crippen molar-refractivity contribution in [1.82, 2.24) is 14.7 Å². The van der Waals surface area contributed by atoms with Crippen molar-refractivity contribution >= 4 is 11.9 Å². The van der Waals surface area contributed by atoms with Gasteiger partial charge in [-0.05, 0) is 20.5 Å². The highest BCUT2D eigenvalue weighted by atomic mass is 16.4. The Morgan fingerprint density at radius 2 is 1.88 bits per heavy atom. The maximum Gasteiger partial charge on any atom is 0.317 e. The van der Waals surface area contributed by atoms with E-state index in [0.29, 0.717) is 19.6 Å². The van der Waals surface area contributed by atoms with Crippen LogP contribution in [0.3, 0.4) is 0 Å². The van der Waals surface area contributed by atoms with Gasteiger partial charge in [0.1, 0.15) is 0 Å². The van der Waals surface area contributed by atoms with Crippen molar-refractivity contribution in [3.63, 3.8) is 0 Å². The molecule has 1 N–H and O–H groups in total. The second kappa shape index (κ2) is 6.56. The van der Waals surface area contributed by atoms with Crippen molar-refractivity contribution in [2.24, 2.45) is 0 Å². The minimum Gasteiger partial charge on any atom is -0.480 e. The topological polar surface area (TPSA) is 64.1 Å². The van der Waals surface area contributed by atoms with E-state index in [1.54, 1.807) is 0 Å². The zero-order valence-corrected chi connectivity index (χ0v) is 10.6. The number of nitrogens with zero attached hydrogens (tertiary/aromatic N) is 3. The van der Waals surface area contributed by atoms with Gasteiger partial charge in [0, 0.05) is 26.2 Å². The fourth-order valence-corrected chi connectivity index (χ4v) is 1.94. The summed E-state index contributed by atoms with van der Waals surface area (Å²) in [5.74, 6) is -0.690. The average molecular weight is 243 g/mol. The lowest BCUT2D eigenvalue weighted by Crippen LogP contribution is -2.40. The molecule has 0 atom stereocenters. The molecule has 0 bridgehead atoms. The van der Waals surface area contributed by atoms with Crippen LogP contribution in [0.25, 0.3) is 0 Å². The average Bonchev–Trinajstić information content (AvgIpc) is 2.41. The van der Waals surface area contributed by atoms with Gasteiger partial charge in [0.05, 0.1) is 13.1 Å². The Hall–Kier alpha value is -1.14. The highest BCUT2D eigenvalue weighted by Gasteiger charge is 2.20. The Labute approximate surface area is 102 Å². The molecular formula is C11H21N3O3. The number of rotatable bonds is 4. The van der Waals surface area contributed by atoms with Crippen LogP contribution in [0, 0.1) is 0 Å². The van der Waals surface area contributed by atoms with E-state index in [1.165, 1.54) is 0 Å². The third-order valence-corrected chi connectivity index (χ3v) is 2.75. The van der Waals surface area contributed by atoms with Crippen LogP contribution < -0.4 is 0 Å². The number of amides is 1. The third-order valence-electron chi connectivity index (χ3n) is 2.75. The zero-order valence-electron chi connectivity index (χ0n) is 10.6. The molecule has 1 aliphatic rings. The molecule has 1 fully saturated rings. The van der Waals surface area contributed by atoms with Crippen molar-refractivity contribution in [2.45, 2.75) is 6.42 Å². The maximum atomic E-state index is 11.8. The van der Waals surface area contributed by atoms with Crippen LogP contribution in [0.15, 0.2) is 0 Å². The normalized spacial score (nSPS) is 18.2. The summed E-state index contributed by atoms with van der Waals surface area (Å²) in [7, 11) is 3.74. The predicted molar refractivity (Wildman–Crippen MR) is 63.8 cm³/mol. The number of likely N-dealkylation sites (N-methyl/N-ethyl adjacent to an activating group) is 1. The molecule has 0 radical (unpaired) electrons. The van der Waals surface area contributed by atoms with Gasteiger partial charge in [-0.2, -0.15) is 0 Å². The molecule has 17 heavy (non-hydrogen) atoms. The van der Waals surface area contributed by atoms with Gasteiger partial charge in [0.15, 0.2) is 0 Å². The van der Waals surface area contributed by atoms with Crippen LogP contribution in [-0.2, 0) is 9.59 Å². The number of carboxylic acid groups (broad SMARTS) is 1. The second-order valence-electron chi connectivity index (χ2n) is 4.64. The first-order chi connectivity index (χ1) is 7.99. The van der Waals surface area contributed by atoms with Crippen LogP contribution in [0.5, 0.6) is 0 Å². The Morgan fingerprint density at radius 3 is 2.47 bits per heavy atom. The molecule has 1 amide bonds. The first-order valence-corrected chi connectivity index (χ1v) is 5.85. The molecule has 0 saturated carbocycles. The zero-order chi connectivity index (χ0) is 12.8. The summed E-state index contributed by atoms with van der Waals surface area (Å²) in [5.41, 5.74) is 0. The van der Waals surface area contributed by atoms with E-state index in [-0.39, 0.29) is 12.5 Å². The van der Waals surface area contributed by atoms with Crippen molar-refractivity contribution in [2.75, 3.05) is 53.4 Å². The molecule has 1 saturated heterocycles. The summed E-state index contributed by atoms with van der Waals surface area (Å²) in [6.07, 6.45) is 0.840. The Morgan fingerprint density at radius 1 is 1.18 bits per heavy atom. The SMILES string of the molecule is CN(C)CC(=O)N1CCCN(CC(=O)O)CC1. The fraction of sp³-hybridized carbons (Fsp3) is 0.818. The Bertz CT molecular complexity index is 281. The van der Waals surface area contributed by atoms with Gasteiger partial charge in [0.25, 0.3) is 0 Å². The summed E-state index contributed by atoms with van der Waals surface area (Å²) < 4.78 is 0. The molecule has 6 heteroatoms. The van der Waals surface area contributed by atoms with Crippen LogP contribution in [0.2, 0.25) is 0 Å². The lowest BCUT2D eigenvalue weighted by Gasteiger charge is -2.22. The summed E-state index contributed by atoms with van der Waals surface area (Å²) in [5, 5.41) is 8.72. The lowest BCUT2D eigenvalue weighted by molar-refractivity contribution is -0.138. The van der Waals surface area contributed by atoms with Crippen LogP contribution in [-0.4, -0.2) is 85.0 Å². The largest absolute Gasteiger partial charge is 0.480 e. The molecule has 1 aliphatic heterocycles. The summed E-state index contributed by atoms with van der Waals surface area (Å²) in [6.45, 7) is 3.22. The van der Waals surface area contributed by atoms with E-state index in [9.17, 15) is 9.59 Å². The van der Waals surface area contributed by atoms with Crippen molar-refractivity contribution in [1.29, 1.82) is 0 Å². The number of carbonyl (C=O) groups is 2. The van der Waals surface area contributed by atoms with Crippen molar-refractivity contribution in [3.05, 3.63) is 0 Å². The van der Waals surface area contributed by atoms with E-state index in [2.05, 4.69) is 0 Å². The van der Waals surface area contributed by atoms with E-state index >= 15 is 0 Å². The summed E-state index contributed by atoms with van der Waals surface area (Å²) >= 11 is 0. The Balaban J connectivity index is 2.41. The molecule has 0 spiro atoms. The molecule has 1 heterocycles. The first kappa shape index (κ1) is 13.9. The van der Waals surface area contributed by atoms with Crippen LogP contribution in [0.4, 0.5) is 0 Å². The van der Waals surface area contributed by atoms with Crippen LogP contribution in [0.1, 0.15) is 6.42 Å². The third kappa shape index (κ3) is 5.14. The number of carboxylic acids is 1. The number of hydrogen-bond donors (Lipinski definition) is 1. The minimum atomic E-state index is -0.807. The minimum absolute atomic E-state index is 0.0652. The molecule has 0 unspecified atom stereocenters. The van der Waals surface area contributed by atoms with Gasteiger partial charge in [-0.3, -0.25) is 14.5 Å². The maximum absolute atomic E-state index is 11.8. The number of carbonyl (C=O) groups excluding carboxylic acids is 1. The van der Waals surface area contributed by atoms with Gasteiger partial charge < -0.3 is 14.9 Å². The van der Waals surface area contributed by atoms with Crippen molar-refractivity contribution < 1.29 is 14.7 Å². The molecule has 98 valence electrons. The molecular weight excluding hydrogens is 222 g/mol. The standard InChI is InChI=1S/C11H21N3O3/c1-12(2)8-10(15)14-5-3-4-13(6-7-14)9-11(16)17/h3-9H2,1-2H3,(H,16,17). The smallest absolute Gasteiger partial charge is 0.317 e. The monoisotopic (exact) mass is 243 g/mol. The van der Waals surface area contributed by atoms with Crippen molar-refractivity contribution in [3.8, 4) is 0 Å². The van der Waals surface area contributed by atoms with Gasteiger partial charge in [-0.15, -0.1) is 0 Å². The molecule has 0 aliphatic carbocycles. The molecule has 6 nitrogen and oxygen atoms in total. The number of hydrogen-bond acceptors (Lipinski definition) is 4. The van der Waals surface area contributed by atoms with Gasteiger partial charge >= 0.3 is 5.97 Å². The highest BCUT2D eigenvalue weighted by molar-refractivity contribution is 5.78. The molecule has 0 aromatic carbocycles. The predicted octanol–water partition coefficient (Wildman–Crippen LogP) is -0.833. The first-order valence-electron chi connectivity index (χ1n) is 5.85. The summed E-state index contributed by atoms with van der Waals surface area (Å²) in [4.78, 5) is 28.0. The number of aliphatic carboxylic acids is 1. The lowest BCUT2D eigenvalue weighted by atomic mass is 10.3. The van der Waals surface area contributed by atoms with E-state index in [1.807, 2.05) is 28.8 Å². The van der Waals surface area contributed by atoms with E-state index < -0.39 is 5.97 Å². The van der Waals surface area contributed by atoms with Gasteiger partial charge in [-0.1, -0.05) is 0 Å². The van der Waals surface area contributed by atoms with Gasteiger partial charge in [0.2, 0.25) is 5.91 Å².